The first-order valence-electron chi connectivity index (χ1n) is 5.32. The van der Waals surface area contributed by atoms with Crippen LogP contribution >= 0.6 is 46.1 Å². The molecule has 1 heterocycles. The Morgan fingerprint density at radius 2 is 1.80 bits per heavy atom. The Morgan fingerprint density at radius 1 is 1.15 bits per heavy atom. The number of anilines is 1. The van der Waals surface area contributed by atoms with Crippen molar-refractivity contribution in [3.8, 4) is 0 Å². The molecule has 0 amide bonds. The van der Waals surface area contributed by atoms with Gasteiger partial charge in [-0.3, -0.25) is 4.72 Å². The number of benzene rings is 1. The van der Waals surface area contributed by atoms with Crippen molar-refractivity contribution < 1.29 is 8.42 Å². The smallest absolute Gasteiger partial charge is 0.273 e. The molecule has 2 rings (SSSR count). The van der Waals surface area contributed by atoms with Crippen LogP contribution in [-0.2, 0) is 10.0 Å². The minimum atomic E-state index is -3.80. The second-order valence-electron chi connectivity index (χ2n) is 4.03. The normalized spacial score (nSPS) is 11.7. The maximum atomic E-state index is 12.3. The van der Waals surface area contributed by atoms with Crippen molar-refractivity contribution in [2.75, 3.05) is 4.72 Å². The van der Waals surface area contributed by atoms with E-state index in [1.165, 1.54) is 6.07 Å². The summed E-state index contributed by atoms with van der Waals surface area (Å²) in [6, 6.07) is 3.06. The average Bonchev–Trinajstić information content (AvgIpc) is 2.66. The number of nitrogens with one attached hydrogen (secondary N) is 1. The summed E-state index contributed by atoms with van der Waals surface area (Å²) in [4.78, 5) is 3.88. The van der Waals surface area contributed by atoms with Crippen molar-refractivity contribution in [2.24, 2.45) is 0 Å². The number of rotatable bonds is 3. The molecule has 108 valence electrons. The Balaban J connectivity index is 2.43. The van der Waals surface area contributed by atoms with Gasteiger partial charge in [0.2, 0.25) is 0 Å². The highest BCUT2D eigenvalue weighted by molar-refractivity contribution is 7.94. The topological polar surface area (TPSA) is 59.1 Å². The van der Waals surface area contributed by atoms with Crippen LogP contribution in [0.25, 0.3) is 0 Å². The fraction of sp³-hybridized carbons (Fsp3) is 0.182. The Bertz CT molecular complexity index is 772. The number of hydrogen-bond donors (Lipinski definition) is 1. The van der Waals surface area contributed by atoms with E-state index in [1.807, 2.05) is 0 Å². The zero-order chi connectivity index (χ0) is 15.1. The summed E-state index contributed by atoms with van der Waals surface area (Å²) < 4.78 is 27.2. The largest absolute Gasteiger partial charge is 0.277 e. The average molecular weight is 372 g/mol. The SMILES string of the molecule is Cc1cc(Cl)c(NS(=O)(=O)c2sc(Cl)nc2C)cc1Cl. The zero-order valence-corrected chi connectivity index (χ0v) is 14.3. The van der Waals surface area contributed by atoms with Gasteiger partial charge in [-0.1, -0.05) is 46.1 Å². The quantitative estimate of drug-likeness (QED) is 0.863. The van der Waals surface area contributed by atoms with Crippen LogP contribution < -0.4 is 4.72 Å². The maximum absolute atomic E-state index is 12.3. The third-order valence-electron chi connectivity index (χ3n) is 2.46. The molecule has 0 bridgehead atoms. The lowest BCUT2D eigenvalue weighted by molar-refractivity contribution is 0.602. The number of halogens is 3. The molecular formula is C11H9Cl3N2O2S2. The molecule has 2 aromatic rings. The summed E-state index contributed by atoms with van der Waals surface area (Å²) in [6.07, 6.45) is 0. The number of aryl methyl sites for hydroxylation is 2. The van der Waals surface area contributed by atoms with Gasteiger partial charge in [-0.15, -0.1) is 0 Å². The molecule has 0 saturated heterocycles. The molecule has 1 aromatic carbocycles. The van der Waals surface area contributed by atoms with Crippen LogP contribution in [0.5, 0.6) is 0 Å². The van der Waals surface area contributed by atoms with Gasteiger partial charge in [-0.05, 0) is 31.5 Å². The lowest BCUT2D eigenvalue weighted by atomic mass is 10.2. The van der Waals surface area contributed by atoms with Crippen LogP contribution in [0.4, 0.5) is 5.69 Å². The highest BCUT2D eigenvalue weighted by Gasteiger charge is 2.22. The van der Waals surface area contributed by atoms with Crippen LogP contribution in [0.2, 0.25) is 14.5 Å². The monoisotopic (exact) mass is 370 g/mol. The van der Waals surface area contributed by atoms with Crippen LogP contribution in [0.3, 0.4) is 0 Å². The van der Waals surface area contributed by atoms with E-state index in [9.17, 15) is 8.42 Å². The van der Waals surface area contributed by atoms with Gasteiger partial charge < -0.3 is 0 Å². The highest BCUT2D eigenvalue weighted by Crippen LogP contribution is 2.33. The van der Waals surface area contributed by atoms with Crippen LogP contribution in [0, 0.1) is 13.8 Å². The van der Waals surface area contributed by atoms with E-state index < -0.39 is 10.0 Å². The molecule has 0 aliphatic rings. The van der Waals surface area contributed by atoms with E-state index in [2.05, 4.69) is 9.71 Å². The molecule has 20 heavy (non-hydrogen) atoms. The van der Waals surface area contributed by atoms with Gasteiger partial charge in [-0.25, -0.2) is 13.4 Å². The lowest BCUT2D eigenvalue weighted by Crippen LogP contribution is -2.13. The second-order valence-corrected chi connectivity index (χ2v) is 8.30. The molecule has 0 atom stereocenters. The zero-order valence-electron chi connectivity index (χ0n) is 10.4. The van der Waals surface area contributed by atoms with Gasteiger partial charge in [0.1, 0.15) is 0 Å². The van der Waals surface area contributed by atoms with E-state index in [0.29, 0.717) is 10.7 Å². The molecule has 0 unspecified atom stereocenters. The molecule has 0 spiro atoms. The summed E-state index contributed by atoms with van der Waals surface area (Å²) in [6.45, 7) is 3.35. The Kier molecular flexibility index (Phi) is 4.51. The van der Waals surface area contributed by atoms with Gasteiger partial charge in [-0.2, -0.15) is 0 Å². The van der Waals surface area contributed by atoms with Gasteiger partial charge in [0.25, 0.3) is 10.0 Å². The number of hydrogen-bond acceptors (Lipinski definition) is 4. The van der Waals surface area contributed by atoms with E-state index in [-0.39, 0.29) is 19.4 Å². The number of nitrogens with zero attached hydrogens (tertiary/aromatic N) is 1. The van der Waals surface area contributed by atoms with Crippen LogP contribution in [0.1, 0.15) is 11.3 Å². The standard InChI is InChI=1S/C11H9Cl3N2O2S2/c1-5-3-8(13)9(4-7(5)12)16-20(17,18)10-6(2)15-11(14)19-10/h3-4,16H,1-2H3. The van der Waals surface area contributed by atoms with Gasteiger partial charge in [0, 0.05) is 5.02 Å². The number of thiazole rings is 1. The molecule has 1 N–H and O–H groups in total. The Hall–Kier alpha value is -0.530. The minimum absolute atomic E-state index is 0.0512. The predicted molar refractivity (Wildman–Crippen MR) is 83.9 cm³/mol. The van der Waals surface area contributed by atoms with Crippen LogP contribution in [-0.4, -0.2) is 13.4 Å². The van der Waals surface area contributed by atoms with Crippen molar-refractivity contribution in [1.82, 2.24) is 4.98 Å². The van der Waals surface area contributed by atoms with Crippen molar-refractivity contribution in [3.63, 3.8) is 0 Å². The Morgan fingerprint density at radius 3 is 2.35 bits per heavy atom. The summed E-state index contributed by atoms with van der Waals surface area (Å²) in [7, 11) is -3.80. The van der Waals surface area contributed by atoms with Crippen molar-refractivity contribution in [2.45, 2.75) is 18.1 Å². The molecule has 1 aromatic heterocycles. The summed E-state index contributed by atoms with van der Waals surface area (Å²) in [5.74, 6) is 0. The van der Waals surface area contributed by atoms with Crippen LogP contribution in [0.15, 0.2) is 16.3 Å². The molecule has 0 aliphatic carbocycles. The first kappa shape index (κ1) is 15.9. The molecule has 0 aliphatic heterocycles. The summed E-state index contributed by atoms with van der Waals surface area (Å²) >= 11 is 18.6. The fourth-order valence-corrected chi connectivity index (χ4v) is 4.81. The highest BCUT2D eigenvalue weighted by atomic mass is 35.5. The molecule has 0 fully saturated rings. The summed E-state index contributed by atoms with van der Waals surface area (Å²) in [5, 5.41) is 0.690. The molecule has 4 nitrogen and oxygen atoms in total. The van der Waals surface area contributed by atoms with E-state index in [4.69, 9.17) is 34.8 Å². The molecule has 0 radical (unpaired) electrons. The Labute approximate surface area is 135 Å². The van der Waals surface area contributed by atoms with Gasteiger partial charge in [0.15, 0.2) is 8.68 Å². The summed E-state index contributed by atoms with van der Waals surface area (Å²) in [5.41, 5.74) is 1.31. The number of sulfonamides is 1. The van der Waals surface area contributed by atoms with Gasteiger partial charge in [0.05, 0.1) is 16.4 Å². The third-order valence-corrected chi connectivity index (χ3v) is 6.42. The van der Waals surface area contributed by atoms with Gasteiger partial charge >= 0.3 is 0 Å². The van der Waals surface area contributed by atoms with E-state index in [1.54, 1.807) is 19.9 Å². The molecule has 0 saturated carbocycles. The lowest BCUT2D eigenvalue weighted by Gasteiger charge is -2.10. The van der Waals surface area contributed by atoms with E-state index >= 15 is 0 Å². The van der Waals surface area contributed by atoms with Crippen molar-refractivity contribution >= 4 is 61.9 Å². The molecule has 9 heteroatoms. The van der Waals surface area contributed by atoms with Crippen molar-refractivity contribution in [1.29, 1.82) is 0 Å². The second kappa shape index (κ2) is 5.69. The third kappa shape index (κ3) is 3.20. The predicted octanol–water partition coefficient (Wildman–Crippen LogP) is 4.52. The maximum Gasteiger partial charge on any atom is 0.273 e. The number of aromatic nitrogens is 1. The minimum Gasteiger partial charge on any atom is -0.277 e. The van der Waals surface area contributed by atoms with E-state index in [0.717, 1.165) is 16.9 Å². The van der Waals surface area contributed by atoms with Crippen molar-refractivity contribution in [3.05, 3.63) is 37.9 Å². The fourth-order valence-electron chi connectivity index (χ4n) is 1.52. The first-order valence-corrected chi connectivity index (χ1v) is 8.75. The first-order chi connectivity index (χ1) is 9.20. The molecular weight excluding hydrogens is 363 g/mol.